The first-order valence-corrected chi connectivity index (χ1v) is 11.1. The molecule has 6 nitrogen and oxygen atoms in total. The third kappa shape index (κ3) is 5.54. The van der Waals surface area contributed by atoms with Crippen molar-refractivity contribution in [1.29, 1.82) is 0 Å². The van der Waals surface area contributed by atoms with Crippen molar-refractivity contribution >= 4 is 39.6 Å². The smallest absolute Gasteiger partial charge is 0.264 e. The average Bonchev–Trinajstić information content (AvgIpc) is 2.79. The van der Waals surface area contributed by atoms with Gasteiger partial charge in [-0.15, -0.1) is 12.4 Å². The number of carbonyl (C=O) groups excluding carboxylic acids is 1. The Hall–Kier alpha value is -3.18. The lowest BCUT2D eigenvalue weighted by atomic mass is 10.0. The van der Waals surface area contributed by atoms with E-state index in [4.69, 9.17) is 12.3 Å². The van der Waals surface area contributed by atoms with Crippen LogP contribution in [0.25, 0.3) is 4.85 Å². The number of halogens is 1. The van der Waals surface area contributed by atoms with Crippen LogP contribution in [0.15, 0.2) is 77.7 Å². The maximum Gasteiger partial charge on any atom is 0.264 e. The monoisotopic (exact) mass is 469 g/mol. The van der Waals surface area contributed by atoms with Gasteiger partial charge in [0.05, 0.1) is 17.2 Å². The number of anilines is 1. The van der Waals surface area contributed by atoms with Crippen LogP contribution in [0.4, 0.5) is 11.4 Å². The molecule has 3 aromatic rings. The van der Waals surface area contributed by atoms with E-state index in [9.17, 15) is 13.2 Å². The average molecular weight is 470 g/mol. The van der Waals surface area contributed by atoms with Crippen LogP contribution in [-0.2, 0) is 16.4 Å². The third-order valence-corrected chi connectivity index (χ3v) is 6.81. The van der Waals surface area contributed by atoms with Gasteiger partial charge >= 0.3 is 0 Å². The molecule has 0 aliphatic rings. The maximum absolute atomic E-state index is 13.1. The summed E-state index contributed by atoms with van der Waals surface area (Å²) in [5, 5.41) is 0. The molecule has 0 unspecified atom stereocenters. The fraction of sp³-hybridized carbons (Fsp3) is 0.167. The van der Waals surface area contributed by atoms with Gasteiger partial charge in [0.1, 0.15) is 0 Å². The van der Waals surface area contributed by atoms with Gasteiger partial charge < -0.3 is 5.73 Å². The van der Waals surface area contributed by atoms with Gasteiger partial charge in [-0.05, 0) is 42.3 Å². The van der Waals surface area contributed by atoms with Crippen molar-refractivity contribution in [2.75, 3.05) is 11.4 Å². The topological polar surface area (TPSA) is 84.8 Å². The lowest BCUT2D eigenvalue weighted by Gasteiger charge is -2.20. The highest BCUT2D eigenvalue weighted by Gasteiger charge is 2.22. The van der Waals surface area contributed by atoms with Crippen molar-refractivity contribution in [3.05, 3.63) is 101 Å². The summed E-state index contributed by atoms with van der Waals surface area (Å²) >= 11 is 0. The Balaban J connectivity index is 0.00000363. The van der Waals surface area contributed by atoms with E-state index in [0.29, 0.717) is 16.9 Å². The second kappa shape index (κ2) is 10.4. The molecule has 0 saturated carbocycles. The van der Waals surface area contributed by atoms with Crippen LogP contribution in [0.3, 0.4) is 0 Å². The Morgan fingerprint density at radius 1 is 1.06 bits per heavy atom. The van der Waals surface area contributed by atoms with Gasteiger partial charge in [0.2, 0.25) is 0 Å². The highest BCUT2D eigenvalue weighted by molar-refractivity contribution is 7.92. The van der Waals surface area contributed by atoms with E-state index in [1.165, 1.54) is 23.5 Å². The third-order valence-electron chi connectivity index (χ3n) is 5.03. The van der Waals surface area contributed by atoms with E-state index in [1.54, 1.807) is 60.7 Å². The number of nitrogens with two attached hydrogens (primary N) is 1. The van der Waals surface area contributed by atoms with Crippen LogP contribution in [0, 0.1) is 6.57 Å². The molecule has 0 spiro atoms. The first-order chi connectivity index (χ1) is 14.7. The molecule has 8 heteroatoms. The lowest BCUT2D eigenvalue weighted by molar-refractivity contribution is 0.0992. The molecule has 3 rings (SSSR count). The van der Waals surface area contributed by atoms with Crippen molar-refractivity contribution in [3.8, 4) is 0 Å². The van der Waals surface area contributed by atoms with Crippen LogP contribution in [0.1, 0.15) is 34.5 Å². The fourth-order valence-corrected chi connectivity index (χ4v) is 4.33. The minimum absolute atomic E-state index is 0. The number of Topliss-reactive ketones (excluding diaryl/α,β-unsaturated/α-hetero) is 1. The number of benzene rings is 3. The molecule has 0 radical (unpaired) electrons. The molecule has 0 bridgehead atoms. The van der Waals surface area contributed by atoms with Crippen molar-refractivity contribution in [3.63, 3.8) is 0 Å². The SMILES string of the molecule is Cl.[C-]#[N+]c1ccc(CC(=O)c2cccc(S(=O)(=O)N(C)c3ccc([C@H](C)N)cc3)c2)cc1. The van der Waals surface area contributed by atoms with Gasteiger partial charge in [-0.1, -0.05) is 48.5 Å². The molecule has 3 aromatic carbocycles. The summed E-state index contributed by atoms with van der Waals surface area (Å²) in [6.07, 6.45) is 0.121. The molecular weight excluding hydrogens is 446 g/mol. The first kappa shape index (κ1) is 25.1. The molecule has 0 aliphatic carbocycles. The zero-order valence-corrected chi connectivity index (χ0v) is 19.4. The van der Waals surface area contributed by atoms with E-state index in [2.05, 4.69) is 4.85 Å². The molecule has 166 valence electrons. The molecule has 0 aliphatic heterocycles. The number of hydrogen-bond donors (Lipinski definition) is 1. The summed E-state index contributed by atoms with van der Waals surface area (Å²) in [7, 11) is -2.37. The number of nitrogens with zero attached hydrogens (tertiary/aromatic N) is 2. The van der Waals surface area contributed by atoms with Crippen LogP contribution >= 0.6 is 12.4 Å². The van der Waals surface area contributed by atoms with Gasteiger partial charge in [-0.2, -0.15) is 0 Å². The molecule has 0 saturated heterocycles. The van der Waals surface area contributed by atoms with E-state index in [-0.39, 0.29) is 35.5 Å². The van der Waals surface area contributed by atoms with Gasteiger partial charge in [-0.3, -0.25) is 9.10 Å². The highest BCUT2D eigenvalue weighted by atomic mass is 35.5. The van der Waals surface area contributed by atoms with E-state index < -0.39 is 10.0 Å². The second-order valence-corrected chi connectivity index (χ2v) is 9.23. The number of carbonyl (C=O) groups is 1. The molecule has 1 atom stereocenters. The lowest BCUT2D eigenvalue weighted by Crippen LogP contribution is -2.26. The first-order valence-electron chi connectivity index (χ1n) is 9.66. The summed E-state index contributed by atoms with van der Waals surface area (Å²) in [6.45, 7) is 8.85. The van der Waals surface area contributed by atoms with Crippen LogP contribution in [0.5, 0.6) is 0 Å². The summed E-state index contributed by atoms with van der Waals surface area (Å²) in [4.78, 5) is 16.1. The van der Waals surface area contributed by atoms with Crippen LogP contribution in [0.2, 0.25) is 0 Å². The van der Waals surface area contributed by atoms with Crippen molar-refractivity contribution in [1.82, 2.24) is 0 Å². The normalized spacial score (nSPS) is 11.7. The van der Waals surface area contributed by atoms with Gasteiger partial charge in [0.25, 0.3) is 10.0 Å². The summed E-state index contributed by atoms with van der Waals surface area (Å²) in [5.74, 6) is -0.198. The Kier molecular flexibility index (Phi) is 8.17. The molecule has 32 heavy (non-hydrogen) atoms. The number of sulfonamides is 1. The largest absolute Gasteiger partial charge is 0.324 e. The predicted octanol–water partition coefficient (Wildman–Crippen LogP) is 4.93. The Bertz CT molecular complexity index is 1230. The minimum Gasteiger partial charge on any atom is -0.324 e. The van der Waals surface area contributed by atoms with Crippen LogP contribution < -0.4 is 10.0 Å². The summed E-state index contributed by atoms with van der Waals surface area (Å²) in [5.41, 5.74) is 8.84. The maximum atomic E-state index is 13.1. The molecular formula is C24H24ClN3O3S. The van der Waals surface area contributed by atoms with Gasteiger partial charge in [-0.25, -0.2) is 13.3 Å². The van der Waals surface area contributed by atoms with Crippen molar-refractivity contribution < 1.29 is 13.2 Å². The summed E-state index contributed by atoms with van der Waals surface area (Å²) in [6, 6.07) is 19.7. The fourth-order valence-electron chi connectivity index (χ4n) is 3.09. The number of hydrogen-bond acceptors (Lipinski definition) is 4. The second-order valence-electron chi connectivity index (χ2n) is 7.26. The highest BCUT2D eigenvalue weighted by Crippen LogP contribution is 2.24. The number of ketones is 1. The quantitative estimate of drug-likeness (QED) is 0.392. The Morgan fingerprint density at radius 2 is 1.69 bits per heavy atom. The standard InChI is InChI=1S/C24H23N3O3S.ClH/c1-17(25)19-9-13-22(14-10-19)27(3)31(29,30)23-6-4-5-20(16-23)24(28)15-18-7-11-21(26-2)12-8-18;/h4-14,16-17H,15,25H2,1,3H3;1H/t17-;/m0./s1. The van der Waals surface area contributed by atoms with E-state index in [1.807, 2.05) is 6.92 Å². The predicted molar refractivity (Wildman–Crippen MR) is 129 cm³/mol. The summed E-state index contributed by atoms with van der Waals surface area (Å²) < 4.78 is 27.4. The van der Waals surface area contributed by atoms with E-state index >= 15 is 0 Å². The molecule has 0 heterocycles. The van der Waals surface area contributed by atoms with Crippen molar-refractivity contribution in [2.45, 2.75) is 24.3 Å². The Labute approximate surface area is 195 Å². The molecule has 2 N–H and O–H groups in total. The van der Waals surface area contributed by atoms with Crippen molar-refractivity contribution in [2.24, 2.45) is 5.73 Å². The number of rotatable bonds is 7. The Morgan fingerprint density at radius 3 is 2.25 bits per heavy atom. The molecule has 0 fully saturated rings. The minimum atomic E-state index is -3.85. The molecule has 0 aromatic heterocycles. The molecule has 0 amide bonds. The van der Waals surface area contributed by atoms with E-state index in [0.717, 1.165) is 11.1 Å². The van der Waals surface area contributed by atoms with Gasteiger partial charge in [0.15, 0.2) is 11.5 Å². The van der Waals surface area contributed by atoms with Gasteiger partial charge in [0, 0.05) is 25.1 Å². The zero-order valence-electron chi connectivity index (χ0n) is 17.7. The van der Waals surface area contributed by atoms with Crippen LogP contribution in [-0.4, -0.2) is 21.2 Å². The zero-order chi connectivity index (χ0) is 22.6.